The van der Waals surface area contributed by atoms with E-state index < -0.39 is 18.1 Å². The van der Waals surface area contributed by atoms with Gasteiger partial charge in [-0.2, -0.15) is 13.2 Å². The molecule has 0 radical (unpaired) electrons. The van der Waals surface area contributed by atoms with Gasteiger partial charge in [-0.25, -0.2) is 4.79 Å². The van der Waals surface area contributed by atoms with Crippen LogP contribution in [-0.2, 0) is 4.74 Å². The van der Waals surface area contributed by atoms with Crippen LogP contribution in [0.1, 0.15) is 39.9 Å². The Hall–Kier alpha value is -1.69. The van der Waals surface area contributed by atoms with Crippen molar-refractivity contribution in [1.82, 2.24) is 0 Å². The lowest BCUT2D eigenvalue weighted by atomic mass is 9.95. The summed E-state index contributed by atoms with van der Waals surface area (Å²) in [7, 11) is 0. The molecule has 0 fully saturated rings. The van der Waals surface area contributed by atoms with E-state index in [-0.39, 0.29) is 32.8 Å². The van der Waals surface area contributed by atoms with Gasteiger partial charge in [0, 0.05) is 0 Å². The number of aryl methyl sites for hydroxylation is 1. The Morgan fingerprint density at radius 1 is 1.14 bits per heavy atom. The first-order valence-electron chi connectivity index (χ1n) is 8.21. The second-order valence-corrected chi connectivity index (χ2v) is 7.16. The topological polar surface area (TPSA) is 26.3 Å². The SMILES string of the molecule is CCOC(=O)c1ccc(/C=C/C(c2cc(C)c(Cl)c(Cl)c2)C(F)(F)F)cc1Cl. The van der Waals surface area contributed by atoms with Gasteiger partial charge >= 0.3 is 12.1 Å². The van der Waals surface area contributed by atoms with E-state index in [1.165, 1.54) is 36.4 Å². The molecule has 2 aromatic carbocycles. The first-order chi connectivity index (χ1) is 13.0. The summed E-state index contributed by atoms with van der Waals surface area (Å²) in [5, 5.41) is 0.368. The quantitative estimate of drug-likeness (QED) is 0.440. The van der Waals surface area contributed by atoms with E-state index in [0.29, 0.717) is 11.1 Å². The zero-order chi connectivity index (χ0) is 21.1. The van der Waals surface area contributed by atoms with Crippen LogP contribution in [0.25, 0.3) is 6.08 Å². The van der Waals surface area contributed by atoms with E-state index >= 15 is 0 Å². The predicted molar refractivity (Wildman–Crippen MR) is 106 cm³/mol. The number of rotatable bonds is 5. The Balaban J connectivity index is 2.37. The van der Waals surface area contributed by atoms with E-state index in [2.05, 4.69) is 0 Å². The van der Waals surface area contributed by atoms with Gasteiger partial charge in [0.15, 0.2) is 0 Å². The minimum absolute atomic E-state index is 0.0232. The molecule has 0 saturated heterocycles. The standard InChI is InChI=1S/C20H16Cl3F3O2/c1-3-28-19(27)14-6-4-12(9-16(14)21)5-7-15(20(24,25)26)13-8-11(2)18(23)17(22)10-13/h4-10,15H,3H2,1-2H3/b7-5+. The van der Waals surface area contributed by atoms with Crippen molar-refractivity contribution < 1.29 is 22.7 Å². The van der Waals surface area contributed by atoms with E-state index in [1.807, 2.05) is 0 Å². The highest BCUT2D eigenvalue weighted by Gasteiger charge is 2.39. The summed E-state index contributed by atoms with van der Waals surface area (Å²) in [6.45, 7) is 3.43. The lowest BCUT2D eigenvalue weighted by Crippen LogP contribution is -2.19. The zero-order valence-corrected chi connectivity index (χ0v) is 17.2. The first-order valence-corrected chi connectivity index (χ1v) is 9.35. The monoisotopic (exact) mass is 450 g/mol. The fraction of sp³-hybridized carbons (Fsp3) is 0.250. The molecule has 0 saturated carbocycles. The molecule has 0 aliphatic rings. The highest BCUT2D eigenvalue weighted by Crippen LogP contribution is 2.39. The van der Waals surface area contributed by atoms with Crippen LogP contribution >= 0.6 is 34.8 Å². The molecule has 0 bridgehead atoms. The molecule has 0 heterocycles. The number of allylic oxidation sites excluding steroid dienone is 1. The Labute approximate surface area is 175 Å². The average Bonchev–Trinajstić information content (AvgIpc) is 2.58. The Morgan fingerprint density at radius 2 is 1.82 bits per heavy atom. The fourth-order valence-electron chi connectivity index (χ4n) is 2.56. The van der Waals surface area contributed by atoms with Crippen LogP contribution in [0.4, 0.5) is 13.2 Å². The number of hydrogen-bond donors (Lipinski definition) is 0. The molecule has 1 atom stereocenters. The third-order valence-corrected chi connectivity index (χ3v) is 5.12. The largest absolute Gasteiger partial charge is 0.462 e. The van der Waals surface area contributed by atoms with Crippen molar-refractivity contribution in [3.05, 3.63) is 73.7 Å². The van der Waals surface area contributed by atoms with Crippen LogP contribution in [0.2, 0.25) is 15.1 Å². The van der Waals surface area contributed by atoms with Gasteiger partial charge in [0.25, 0.3) is 0 Å². The molecule has 2 rings (SSSR count). The first kappa shape index (κ1) is 22.6. The van der Waals surface area contributed by atoms with Crippen molar-refractivity contribution in [1.29, 1.82) is 0 Å². The van der Waals surface area contributed by atoms with E-state index in [0.717, 1.165) is 6.08 Å². The number of ether oxygens (including phenoxy) is 1. The fourth-order valence-corrected chi connectivity index (χ4v) is 3.21. The summed E-state index contributed by atoms with van der Waals surface area (Å²) in [5.41, 5.74) is 0.982. The number of carbonyl (C=O) groups is 1. The highest BCUT2D eigenvalue weighted by molar-refractivity contribution is 6.42. The van der Waals surface area contributed by atoms with Crippen molar-refractivity contribution in [2.45, 2.75) is 25.9 Å². The maximum absolute atomic E-state index is 13.6. The molecule has 0 amide bonds. The molecule has 150 valence electrons. The van der Waals surface area contributed by atoms with Gasteiger partial charge in [0.2, 0.25) is 0 Å². The third kappa shape index (κ3) is 5.43. The molecule has 0 N–H and O–H groups in total. The van der Waals surface area contributed by atoms with Gasteiger partial charge in [-0.1, -0.05) is 59.1 Å². The second-order valence-electron chi connectivity index (χ2n) is 5.97. The molecule has 28 heavy (non-hydrogen) atoms. The lowest BCUT2D eigenvalue weighted by molar-refractivity contribution is -0.139. The van der Waals surface area contributed by atoms with Crippen molar-refractivity contribution in [3.8, 4) is 0 Å². The van der Waals surface area contributed by atoms with Crippen LogP contribution < -0.4 is 0 Å². The lowest BCUT2D eigenvalue weighted by Gasteiger charge is -2.19. The summed E-state index contributed by atoms with van der Waals surface area (Å²) in [6.07, 6.45) is -2.24. The highest BCUT2D eigenvalue weighted by atomic mass is 35.5. The van der Waals surface area contributed by atoms with E-state index in [1.54, 1.807) is 13.8 Å². The van der Waals surface area contributed by atoms with Gasteiger partial charge in [-0.15, -0.1) is 0 Å². The summed E-state index contributed by atoms with van der Waals surface area (Å²) in [6, 6.07) is 6.86. The summed E-state index contributed by atoms with van der Waals surface area (Å²) >= 11 is 17.9. The van der Waals surface area contributed by atoms with Gasteiger partial charge < -0.3 is 4.74 Å². The summed E-state index contributed by atoms with van der Waals surface area (Å²) in [5.74, 6) is -2.48. The molecule has 2 aromatic rings. The van der Waals surface area contributed by atoms with Crippen molar-refractivity contribution >= 4 is 46.8 Å². The van der Waals surface area contributed by atoms with Crippen molar-refractivity contribution in [3.63, 3.8) is 0 Å². The number of benzene rings is 2. The Kier molecular flexibility index (Phi) is 7.43. The van der Waals surface area contributed by atoms with Gasteiger partial charge in [-0.3, -0.25) is 0 Å². The third-order valence-electron chi connectivity index (χ3n) is 3.91. The van der Waals surface area contributed by atoms with Crippen molar-refractivity contribution in [2.24, 2.45) is 0 Å². The molecule has 2 nitrogen and oxygen atoms in total. The number of hydrogen-bond acceptors (Lipinski definition) is 2. The summed E-state index contributed by atoms with van der Waals surface area (Å²) in [4.78, 5) is 11.8. The number of alkyl halides is 3. The summed E-state index contributed by atoms with van der Waals surface area (Å²) < 4.78 is 45.6. The van der Waals surface area contributed by atoms with Crippen LogP contribution in [0.3, 0.4) is 0 Å². The van der Waals surface area contributed by atoms with Gasteiger partial charge in [-0.05, 0) is 48.7 Å². The maximum atomic E-state index is 13.6. The Morgan fingerprint density at radius 3 is 2.36 bits per heavy atom. The average molecular weight is 452 g/mol. The normalized spacial score (nSPS) is 13.0. The minimum Gasteiger partial charge on any atom is -0.462 e. The van der Waals surface area contributed by atoms with Gasteiger partial charge in [0.1, 0.15) is 0 Å². The maximum Gasteiger partial charge on any atom is 0.399 e. The molecular weight excluding hydrogens is 436 g/mol. The van der Waals surface area contributed by atoms with Crippen LogP contribution in [0.5, 0.6) is 0 Å². The molecule has 0 aliphatic heterocycles. The molecule has 1 unspecified atom stereocenters. The molecule has 0 aliphatic carbocycles. The smallest absolute Gasteiger partial charge is 0.399 e. The Bertz CT molecular complexity index is 885. The molecular formula is C20H16Cl3F3O2. The number of halogens is 6. The van der Waals surface area contributed by atoms with E-state index in [4.69, 9.17) is 39.5 Å². The van der Waals surface area contributed by atoms with Gasteiger partial charge in [0.05, 0.1) is 33.2 Å². The van der Waals surface area contributed by atoms with Crippen LogP contribution in [0.15, 0.2) is 36.4 Å². The second kappa shape index (κ2) is 9.21. The van der Waals surface area contributed by atoms with Crippen molar-refractivity contribution in [2.75, 3.05) is 6.61 Å². The molecule has 0 spiro atoms. The zero-order valence-electron chi connectivity index (χ0n) is 14.9. The minimum atomic E-state index is -4.53. The van der Waals surface area contributed by atoms with Crippen LogP contribution in [0, 0.1) is 6.92 Å². The van der Waals surface area contributed by atoms with E-state index in [9.17, 15) is 18.0 Å². The van der Waals surface area contributed by atoms with Crippen LogP contribution in [-0.4, -0.2) is 18.8 Å². The number of esters is 1. The molecule has 0 aromatic heterocycles. The predicted octanol–water partition coefficient (Wildman–Crippen LogP) is 7.49. The molecule has 8 heteroatoms. The number of carbonyl (C=O) groups excluding carboxylic acids is 1.